The van der Waals surface area contributed by atoms with E-state index >= 15 is 0 Å². The first-order chi connectivity index (χ1) is 21.3. The molecule has 0 aliphatic heterocycles. The van der Waals surface area contributed by atoms with Crippen molar-refractivity contribution in [1.29, 1.82) is 0 Å². The summed E-state index contributed by atoms with van der Waals surface area (Å²) in [4.78, 5) is 4.64. The molecule has 230 valence electrons. The molecule has 0 radical (unpaired) electrons. The predicted octanol–water partition coefficient (Wildman–Crippen LogP) is 7.17. The highest BCUT2D eigenvalue weighted by Gasteiger charge is 2.31. The highest BCUT2D eigenvalue weighted by Crippen LogP contribution is 2.23. The molecule has 0 unspecified atom stereocenters. The van der Waals surface area contributed by atoms with Crippen LogP contribution in [0.2, 0.25) is 0 Å². The van der Waals surface area contributed by atoms with Crippen LogP contribution in [-0.2, 0) is 26.2 Å². The van der Waals surface area contributed by atoms with Crippen molar-refractivity contribution in [2.24, 2.45) is 11.8 Å². The van der Waals surface area contributed by atoms with Gasteiger partial charge < -0.3 is 10.2 Å². The Balaban J connectivity index is 1.60. The Kier molecular flexibility index (Phi) is 12.8. The van der Waals surface area contributed by atoms with Crippen LogP contribution in [0.3, 0.4) is 0 Å². The molecule has 0 amide bonds. The van der Waals surface area contributed by atoms with Crippen LogP contribution in [0.5, 0.6) is 0 Å². The summed E-state index contributed by atoms with van der Waals surface area (Å²) in [5.74, 6) is 6.52. The molecule has 44 heavy (non-hydrogen) atoms. The molecule has 0 saturated carbocycles. The van der Waals surface area contributed by atoms with Crippen molar-refractivity contribution in [3.8, 4) is 11.8 Å². The summed E-state index contributed by atoms with van der Waals surface area (Å²) in [6.45, 7) is 11.3. The Bertz CT molecular complexity index is 1220. The maximum atomic E-state index is 11.6. The average Bonchev–Trinajstić information content (AvgIpc) is 3.02. The van der Waals surface area contributed by atoms with Gasteiger partial charge in [-0.15, -0.1) is 0 Å². The fourth-order valence-electron chi connectivity index (χ4n) is 6.12. The molecule has 0 bridgehead atoms. The number of aliphatic hydroxyl groups is 2. The molecule has 0 aromatic heterocycles. The highest BCUT2D eigenvalue weighted by molar-refractivity contribution is 5.22. The maximum Gasteiger partial charge on any atom is 0.130 e. The number of nitrogens with zero attached hydrogens (tertiary/aromatic N) is 2. The third-order valence-electron chi connectivity index (χ3n) is 8.15. The van der Waals surface area contributed by atoms with E-state index in [0.717, 1.165) is 0 Å². The second kappa shape index (κ2) is 16.9. The van der Waals surface area contributed by atoms with E-state index in [1.54, 1.807) is 0 Å². The Morgan fingerprint density at radius 2 is 0.659 bits per heavy atom. The summed E-state index contributed by atoms with van der Waals surface area (Å²) in [6.07, 6.45) is -1.86. The molecule has 0 heterocycles. The molecule has 0 spiro atoms. The highest BCUT2D eigenvalue weighted by atomic mass is 16.3. The summed E-state index contributed by atoms with van der Waals surface area (Å²) < 4.78 is 0. The van der Waals surface area contributed by atoms with E-state index in [1.165, 1.54) is 22.3 Å². The summed E-state index contributed by atoms with van der Waals surface area (Å²) in [6, 6.07) is 41.0. The van der Waals surface area contributed by atoms with E-state index in [0.29, 0.717) is 26.2 Å². The first-order valence-corrected chi connectivity index (χ1v) is 15.8. The SMILES string of the molecule is CC(C)[C@@H]([C@H](O)C#C[C@@H](O)[C@H](C(C)C)N(Cc1ccccc1)Cc1ccccc1)N(Cc1ccccc1)Cc1ccccc1. The monoisotopic (exact) mass is 588 g/mol. The number of rotatable bonds is 14. The van der Waals surface area contributed by atoms with Crippen molar-refractivity contribution < 1.29 is 10.2 Å². The lowest BCUT2D eigenvalue weighted by molar-refractivity contribution is 0.0389. The van der Waals surface area contributed by atoms with Crippen LogP contribution in [0.1, 0.15) is 49.9 Å². The van der Waals surface area contributed by atoms with Gasteiger partial charge in [-0.25, -0.2) is 0 Å². The topological polar surface area (TPSA) is 46.9 Å². The van der Waals surface area contributed by atoms with Crippen LogP contribution in [-0.4, -0.2) is 44.3 Å². The molecule has 4 nitrogen and oxygen atoms in total. The van der Waals surface area contributed by atoms with Crippen LogP contribution in [0.4, 0.5) is 0 Å². The minimum Gasteiger partial charge on any atom is -0.379 e. The van der Waals surface area contributed by atoms with Gasteiger partial charge in [0.2, 0.25) is 0 Å². The van der Waals surface area contributed by atoms with Gasteiger partial charge in [0.05, 0.1) is 0 Å². The molecule has 0 saturated heterocycles. The minimum absolute atomic E-state index is 0.137. The van der Waals surface area contributed by atoms with E-state index in [9.17, 15) is 10.2 Å². The lowest BCUT2D eigenvalue weighted by Crippen LogP contribution is -2.47. The molecule has 0 aliphatic rings. The van der Waals surface area contributed by atoms with Gasteiger partial charge in [-0.1, -0.05) is 161 Å². The molecule has 2 N–H and O–H groups in total. The summed E-state index contributed by atoms with van der Waals surface area (Å²) in [5.41, 5.74) is 4.75. The van der Waals surface area contributed by atoms with Crippen molar-refractivity contribution >= 4 is 0 Å². The van der Waals surface area contributed by atoms with Gasteiger partial charge in [-0.2, -0.15) is 0 Å². The van der Waals surface area contributed by atoms with Crippen LogP contribution in [0.25, 0.3) is 0 Å². The molecular weight excluding hydrogens is 540 g/mol. The second-order valence-electron chi connectivity index (χ2n) is 12.4. The van der Waals surface area contributed by atoms with E-state index in [2.05, 4.69) is 146 Å². The van der Waals surface area contributed by atoms with Gasteiger partial charge in [0, 0.05) is 38.3 Å². The third-order valence-corrected chi connectivity index (χ3v) is 8.15. The molecule has 4 rings (SSSR count). The fourth-order valence-corrected chi connectivity index (χ4v) is 6.12. The molecular formula is C40H48N2O2. The number of hydrogen-bond donors (Lipinski definition) is 2. The van der Waals surface area contributed by atoms with E-state index in [-0.39, 0.29) is 23.9 Å². The Hall–Kier alpha value is -3.72. The molecule has 4 aromatic rings. The number of benzene rings is 4. The summed E-state index contributed by atoms with van der Waals surface area (Å²) in [5, 5.41) is 23.3. The van der Waals surface area contributed by atoms with Gasteiger partial charge in [0.25, 0.3) is 0 Å². The van der Waals surface area contributed by atoms with Crippen molar-refractivity contribution in [2.75, 3.05) is 0 Å². The van der Waals surface area contributed by atoms with Crippen LogP contribution >= 0.6 is 0 Å². The number of aliphatic hydroxyl groups excluding tert-OH is 2. The zero-order valence-corrected chi connectivity index (χ0v) is 26.6. The average molecular weight is 589 g/mol. The first kappa shape index (κ1) is 33.2. The Morgan fingerprint density at radius 3 is 0.864 bits per heavy atom. The van der Waals surface area contributed by atoms with Gasteiger partial charge in [0.1, 0.15) is 12.2 Å². The lowest BCUT2D eigenvalue weighted by Gasteiger charge is -2.37. The largest absolute Gasteiger partial charge is 0.379 e. The summed E-state index contributed by atoms with van der Waals surface area (Å²) in [7, 11) is 0. The molecule has 4 heteroatoms. The zero-order valence-electron chi connectivity index (χ0n) is 26.6. The van der Waals surface area contributed by atoms with Crippen LogP contribution in [0, 0.1) is 23.7 Å². The zero-order chi connectivity index (χ0) is 31.3. The predicted molar refractivity (Wildman–Crippen MR) is 181 cm³/mol. The van der Waals surface area contributed by atoms with E-state index < -0.39 is 12.2 Å². The minimum atomic E-state index is -0.929. The molecule has 0 fully saturated rings. The molecule has 4 atom stereocenters. The maximum absolute atomic E-state index is 11.6. The van der Waals surface area contributed by atoms with Crippen molar-refractivity contribution in [1.82, 2.24) is 9.80 Å². The van der Waals surface area contributed by atoms with Crippen molar-refractivity contribution in [3.05, 3.63) is 144 Å². The fraction of sp³-hybridized carbons (Fsp3) is 0.350. The standard InChI is InChI=1S/C40H48N2O2/c1-31(2)39(41(27-33-17-9-5-10-18-33)28-34-19-11-6-12-20-34)37(43)25-26-38(44)40(32(3)4)42(29-35-21-13-7-14-22-35)30-36-23-15-8-16-24-36/h5-24,31-32,37-40,43-44H,27-30H2,1-4H3/t37-,38-,39+,40+/m1/s1. The molecule has 0 aliphatic carbocycles. The van der Waals surface area contributed by atoms with Crippen molar-refractivity contribution in [3.63, 3.8) is 0 Å². The van der Waals surface area contributed by atoms with Gasteiger partial charge in [-0.05, 0) is 34.1 Å². The lowest BCUT2D eigenvalue weighted by atomic mass is 9.93. The van der Waals surface area contributed by atoms with Crippen LogP contribution < -0.4 is 0 Å². The Morgan fingerprint density at radius 1 is 0.432 bits per heavy atom. The van der Waals surface area contributed by atoms with Gasteiger partial charge in [-0.3, -0.25) is 9.80 Å². The van der Waals surface area contributed by atoms with Crippen molar-refractivity contribution in [2.45, 2.75) is 78.2 Å². The van der Waals surface area contributed by atoms with Gasteiger partial charge in [0.15, 0.2) is 0 Å². The quantitative estimate of drug-likeness (QED) is 0.153. The Labute approximate surface area is 265 Å². The first-order valence-electron chi connectivity index (χ1n) is 15.8. The second-order valence-corrected chi connectivity index (χ2v) is 12.4. The van der Waals surface area contributed by atoms with E-state index in [1.807, 2.05) is 24.3 Å². The van der Waals surface area contributed by atoms with E-state index in [4.69, 9.17) is 0 Å². The number of hydrogen-bond acceptors (Lipinski definition) is 4. The van der Waals surface area contributed by atoms with Gasteiger partial charge >= 0.3 is 0 Å². The third kappa shape index (κ3) is 9.91. The normalized spacial score (nSPS) is 14.3. The molecule has 4 aromatic carbocycles. The summed E-state index contributed by atoms with van der Waals surface area (Å²) >= 11 is 0. The smallest absolute Gasteiger partial charge is 0.130 e. The van der Waals surface area contributed by atoms with Crippen LogP contribution in [0.15, 0.2) is 121 Å².